The van der Waals surface area contributed by atoms with Crippen molar-refractivity contribution in [1.82, 2.24) is 5.32 Å². The average Bonchev–Trinajstić information content (AvgIpc) is 2.69. The van der Waals surface area contributed by atoms with Crippen LogP contribution in [0.2, 0.25) is 5.02 Å². The molecule has 0 aromatic heterocycles. The van der Waals surface area contributed by atoms with Crippen LogP contribution in [-0.4, -0.2) is 19.3 Å². The molecule has 152 valence electrons. The zero-order valence-corrected chi connectivity index (χ0v) is 18.4. The number of hydrogen-bond acceptors (Lipinski definition) is 2. The standard InChI is InChI=1S/C25H34ClNO/c1-18(2)24-17-25(14-16-28-24,22-9-5-19(3)6-10-22)13-15-27-20(4)21-7-11-23(26)12-8-21/h5-12,18,20,24,27H,13-17H2,1-4H3/t20-,24-,25+/m1/s1. The van der Waals surface area contributed by atoms with E-state index in [1.807, 2.05) is 12.1 Å². The Morgan fingerprint density at radius 1 is 1.07 bits per heavy atom. The highest BCUT2D eigenvalue weighted by atomic mass is 35.5. The van der Waals surface area contributed by atoms with Crippen molar-refractivity contribution >= 4 is 11.6 Å². The third-order valence-corrected chi connectivity index (χ3v) is 6.59. The summed E-state index contributed by atoms with van der Waals surface area (Å²) in [7, 11) is 0. The molecule has 0 amide bonds. The lowest BCUT2D eigenvalue weighted by molar-refractivity contribution is -0.0470. The van der Waals surface area contributed by atoms with Gasteiger partial charge in [0.15, 0.2) is 0 Å². The van der Waals surface area contributed by atoms with Gasteiger partial charge in [0, 0.05) is 23.1 Å². The zero-order valence-electron chi connectivity index (χ0n) is 17.7. The maximum atomic E-state index is 6.11. The molecule has 3 rings (SSSR count). The van der Waals surface area contributed by atoms with Crippen LogP contribution in [0.4, 0.5) is 0 Å². The summed E-state index contributed by atoms with van der Waals surface area (Å²) >= 11 is 6.03. The Balaban J connectivity index is 1.72. The molecule has 3 atom stereocenters. The van der Waals surface area contributed by atoms with Crippen LogP contribution in [0, 0.1) is 12.8 Å². The van der Waals surface area contributed by atoms with E-state index in [1.54, 1.807) is 0 Å². The summed E-state index contributed by atoms with van der Waals surface area (Å²) in [5.41, 5.74) is 4.25. The highest BCUT2D eigenvalue weighted by Gasteiger charge is 2.39. The van der Waals surface area contributed by atoms with Gasteiger partial charge in [-0.05, 0) is 68.8 Å². The quantitative estimate of drug-likeness (QED) is 0.576. The number of halogens is 1. The van der Waals surface area contributed by atoms with Gasteiger partial charge in [0.25, 0.3) is 0 Å². The fourth-order valence-electron chi connectivity index (χ4n) is 4.32. The van der Waals surface area contributed by atoms with Crippen molar-refractivity contribution in [2.75, 3.05) is 13.2 Å². The van der Waals surface area contributed by atoms with E-state index in [0.29, 0.717) is 18.1 Å². The van der Waals surface area contributed by atoms with Crippen LogP contribution in [-0.2, 0) is 10.2 Å². The Bertz CT molecular complexity index is 740. The molecule has 2 nitrogen and oxygen atoms in total. The van der Waals surface area contributed by atoms with Gasteiger partial charge in [-0.15, -0.1) is 0 Å². The molecule has 3 heteroatoms. The van der Waals surface area contributed by atoms with Gasteiger partial charge < -0.3 is 10.1 Å². The minimum absolute atomic E-state index is 0.188. The minimum Gasteiger partial charge on any atom is -0.378 e. The van der Waals surface area contributed by atoms with E-state index in [-0.39, 0.29) is 5.41 Å². The first-order chi connectivity index (χ1) is 13.4. The third-order valence-electron chi connectivity index (χ3n) is 6.34. The van der Waals surface area contributed by atoms with Crippen LogP contribution in [0.25, 0.3) is 0 Å². The monoisotopic (exact) mass is 399 g/mol. The summed E-state index contributed by atoms with van der Waals surface area (Å²) in [4.78, 5) is 0. The maximum absolute atomic E-state index is 6.11. The Hall–Kier alpha value is -1.35. The molecule has 1 fully saturated rings. The van der Waals surface area contributed by atoms with Crippen LogP contribution in [0.15, 0.2) is 48.5 Å². The van der Waals surface area contributed by atoms with Crippen molar-refractivity contribution in [3.8, 4) is 0 Å². The van der Waals surface area contributed by atoms with E-state index in [0.717, 1.165) is 37.4 Å². The number of nitrogens with one attached hydrogen (secondary N) is 1. The Morgan fingerprint density at radius 2 is 1.75 bits per heavy atom. The molecule has 2 aromatic rings. The minimum atomic E-state index is 0.188. The first kappa shape index (κ1) is 21.4. The summed E-state index contributed by atoms with van der Waals surface area (Å²) in [6.45, 7) is 10.8. The van der Waals surface area contributed by atoms with Crippen molar-refractivity contribution in [3.63, 3.8) is 0 Å². The number of ether oxygens (including phenoxy) is 1. The summed E-state index contributed by atoms with van der Waals surface area (Å²) in [6.07, 6.45) is 3.66. The molecule has 0 aliphatic carbocycles. The van der Waals surface area contributed by atoms with E-state index in [1.165, 1.54) is 16.7 Å². The van der Waals surface area contributed by atoms with Gasteiger partial charge in [-0.2, -0.15) is 0 Å². The second kappa shape index (κ2) is 9.43. The normalized spacial score (nSPS) is 23.7. The SMILES string of the molecule is Cc1ccc([C@@]2(CCN[C@H](C)c3ccc(Cl)cc3)CCO[C@@H](C(C)C)C2)cc1. The van der Waals surface area contributed by atoms with Gasteiger partial charge in [-0.1, -0.05) is 67.4 Å². The lowest BCUT2D eigenvalue weighted by atomic mass is 9.68. The van der Waals surface area contributed by atoms with Crippen LogP contribution < -0.4 is 5.32 Å². The highest BCUT2D eigenvalue weighted by molar-refractivity contribution is 6.30. The second-order valence-corrected chi connectivity index (χ2v) is 9.17. The summed E-state index contributed by atoms with van der Waals surface area (Å²) < 4.78 is 6.11. The van der Waals surface area contributed by atoms with Crippen molar-refractivity contribution < 1.29 is 4.74 Å². The van der Waals surface area contributed by atoms with Crippen LogP contribution in [0.3, 0.4) is 0 Å². The fourth-order valence-corrected chi connectivity index (χ4v) is 4.44. The number of hydrogen-bond donors (Lipinski definition) is 1. The van der Waals surface area contributed by atoms with Gasteiger partial charge in [0.1, 0.15) is 0 Å². The first-order valence-corrected chi connectivity index (χ1v) is 10.9. The van der Waals surface area contributed by atoms with Crippen molar-refractivity contribution in [2.24, 2.45) is 5.92 Å². The van der Waals surface area contributed by atoms with Crippen LogP contribution in [0.1, 0.15) is 62.8 Å². The molecular formula is C25H34ClNO. The lowest BCUT2D eigenvalue weighted by Crippen LogP contribution is -2.42. The number of aryl methyl sites for hydroxylation is 1. The highest BCUT2D eigenvalue weighted by Crippen LogP contribution is 2.41. The summed E-state index contributed by atoms with van der Waals surface area (Å²) in [5, 5.41) is 4.52. The molecule has 0 unspecified atom stereocenters. The molecule has 28 heavy (non-hydrogen) atoms. The van der Waals surface area contributed by atoms with Gasteiger partial charge in [0.05, 0.1) is 6.10 Å². The molecule has 1 aliphatic heterocycles. The van der Waals surface area contributed by atoms with E-state index in [9.17, 15) is 0 Å². The lowest BCUT2D eigenvalue weighted by Gasteiger charge is -2.43. The van der Waals surface area contributed by atoms with Gasteiger partial charge in [0.2, 0.25) is 0 Å². The molecule has 1 saturated heterocycles. The molecule has 0 radical (unpaired) electrons. The Morgan fingerprint density at radius 3 is 2.39 bits per heavy atom. The van der Waals surface area contributed by atoms with E-state index in [4.69, 9.17) is 16.3 Å². The molecule has 0 spiro atoms. The Kier molecular flexibility index (Phi) is 7.20. The van der Waals surface area contributed by atoms with Crippen molar-refractivity contribution in [2.45, 2.75) is 64.5 Å². The summed E-state index contributed by atoms with van der Waals surface area (Å²) in [6, 6.07) is 17.6. The molecule has 1 N–H and O–H groups in total. The number of rotatable bonds is 7. The average molecular weight is 400 g/mol. The molecule has 0 saturated carbocycles. The van der Waals surface area contributed by atoms with E-state index < -0.39 is 0 Å². The van der Waals surface area contributed by atoms with Crippen LogP contribution in [0.5, 0.6) is 0 Å². The predicted octanol–water partition coefficient (Wildman–Crippen LogP) is 6.46. The molecule has 0 bridgehead atoms. The molecule has 1 heterocycles. The maximum Gasteiger partial charge on any atom is 0.0606 e. The van der Waals surface area contributed by atoms with Crippen molar-refractivity contribution in [3.05, 3.63) is 70.2 Å². The molecule has 1 aliphatic rings. The summed E-state index contributed by atoms with van der Waals surface area (Å²) in [5.74, 6) is 0.547. The van der Waals surface area contributed by atoms with E-state index >= 15 is 0 Å². The largest absolute Gasteiger partial charge is 0.378 e. The third kappa shape index (κ3) is 5.17. The van der Waals surface area contributed by atoms with Crippen LogP contribution >= 0.6 is 11.6 Å². The fraction of sp³-hybridized carbons (Fsp3) is 0.520. The first-order valence-electron chi connectivity index (χ1n) is 10.6. The van der Waals surface area contributed by atoms with E-state index in [2.05, 4.69) is 69.4 Å². The van der Waals surface area contributed by atoms with Gasteiger partial charge in [-0.3, -0.25) is 0 Å². The van der Waals surface area contributed by atoms with Crippen molar-refractivity contribution in [1.29, 1.82) is 0 Å². The second-order valence-electron chi connectivity index (χ2n) is 8.73. The predicted molar refractivity (Wildman–Crippen MR) is 119 cm³/mol. The Labute approximate surface area is 175 Å². The van der Waals surface area contributed by atoms with Gasteiger partial charge in [-0.25, -0.2) is 0 Å². The molecular weight excluding hydrogens is 366 g/mol. The number of benzene rings is 2. The van der Waals surface area contributed by atoms with Gasteiger partial charge >= 0.3 is 0 Å². The zero-order chi connectivity index (χ0) is 20.1. The topological polar surface area (TPSA) is 21.3 Å². The smallest absolute Gasteiger partial charge is 0.0606 e. The molecule has 2 aromatic carbocycles.